The second kappa shape index (κ2) is 1.53. The van der Waals surface area contributed by atoms with Crippen LogP contribution in [0.1, 0.15) is 0 Å². The van der Waals surface area contributed by atoms with Crippen LogP contribution in [0.5, 0.6) is 0 Å². The zero-order valence-electron chi connectivity index (χ0n) is 7.04. The Labute approximate surface area is 97.1 Å². The van der Waals surface area contributed by atoms with Crippen molar-refractivity contribution in [3.05, 3.63) is 0 Å². The second-order valence-corrected chi connectivity index (χ2v) is 8.04. The van der Waals surface area contributed by atoms with Crippen LogP contribution in [0.3, 0.4) is 0 Å². The molecule has 0 amide bonds. The van der Waals surface area contributed by atoms with Crippen molar-refractivity contribution in [2.75, 3.05) is 0 Å². The lowest BCUT2D eigenvalue weighted by atomic mass is 9.41. The van der Waals surface area contributed by atoms with E-state index >= 15 is 0 Å². The molecule has 0 N–H and O–H groups in total. The molecule has 0 radical (unpaired) electrons. The van der Waals surface area contributed by atoms with Crippen LogP contribution >= 0.6 is 31.9 Å². The summed E-state index contributed by atoms with van der Waals surface area (Å²) in [7, 11) is 0. The summed E-state index contributed by atoms with van der Waals surface area (Å²) in [5.74, 6) is 2.45. The molecule has 0 unspecified atom stereocenters. The van der Waals surface area contributed by atoms with Gasteiger partial charge in [-0.05, 0) is 23.7 Å². The van der Waals surface area contributed by atoms with Gasteiger partial charge in [0.05, 0.1) is 8.65 Å². The highest BCUT2D eigenvalue weighted by atomic mass is 79.9. The molecule has 8 atom stereocenters. The van der Waals surface area contributed by atoms with Gasteiger partial charge in [0, 0.05) is 11.8 Å². The van der Waals surface area contributed by atoms with Gasteiger partial charge in [0.25, 0.3) is 0 Å². The largest absolute Gasteiger partial charge is 0.298 e. The SMILES string of the molecule is O=C1[C@H]2[C@H]3C(=O)[C@]4(Br)[C@@H]5[C@@H]([C@H]24)[C@@]1(Br)[C@H]35. The summed E-state index contributed by atoms with van der Waals surface area (Å²) in [5, 5.41) is 0. The van der Waals surface area contributed by atoms with E-state index in [9.17, 15) is 9.59 Å². The van der Waals surface area contributed by atoms with Crippen LogP contribution in [0.15, 0.2) is 0 Å². The van der Waals surface area contributed by atoms with Crippen molar-refractivity contribution in [2.45, 2.75) is 8.65 Å². The molecule has 6 rings (SSSR count). The maximum atomic E-state index is 12.1. The van der Waals surface area contributed by atoms with Gasteiger partial charge in [0.15, 0.2) is 11.6 Å². The molecule has 0 aromatic rings. The van der Waals surface area contributed by atoms with E-state index in [4.69, 9.17) is 0 Å². The minimum absolute atomic E-state index is 0.0706. The normalized spacial score (nSPS) is 79.6. The lowest BCUT2D eigenvalue weighted by Gasteiger charge is -2.68. The van der Waals surface area contributed by atoms with Gasteiger partial charge < -0.3 is 0 Å². The molecule has 6 saturated carbocycles. The number of ketones is 2. The number of hydrogen-bond donors (Lipinski definition) is 0. The summed E-state index contributed by atoms with van der Waals surface area (Å²) in [6, 6.07) is 0. The van der Waals surface area contributed by atoms with Crippen molar-refractivity contribution in [3.63, 3.8) is 0 Å². The highest BCUT2D eigenvalue weighted by Gasteiger charge is 3.00. The highest BCUT2D eigenvalue weighted by molar-refractivity contribution is 9.10. The standard InChI is InChI=1S/C10H6Br2O2/c11-9-3-1-2(8(9)14)4-6(9)5(3)10(4,12)7(1)13/h1-6H/t1-,2+,3-,4+,5+,6-,9+,10-. The number of rotatable bonds is 0. The van der Waals surface area contributed by atoms with E-state index in [1.54, 1.807) is 0 Å². The fraction of sp³-hybridized carbons (Fsp3) is 0.800. The van der Waals surface area contributed by atoms with Gasteiger partial charge in [-0.3, -0.25) is 9.59 Å². The van der Waals surface area contributed by atoms with Crippen molar-refractivity contribution in [2.24, 2.45) is 35.5 Å². The van der Waals surface area contributed by atoms with E-state index in [-0.39, 0.29) is 20.5 Å². The molecular formula is C10H6Br2O2. The minimum Gasteiger partial charge on any atom is -0.298 e. The molecule has 0 aliphatic heterocycles. The molecule has 6 aliphatic rings. The predicted molar refractivity (Wildman–Crippen MR) is 54.3 cm³/mol. The smallest absolute Gasteiger partial charge is 0.154 e. The van der Waals surface area contributed by atoms with E-state index in [2.05, 4.69) is 31.9 Å². The Hall–Kier alpha value is 0.300. The molecular weight excluding hydrogens is 312 g/mol. The van der Waals surface area contributed by atoms with E-state index in [0.29, 0.717) is 35.2 Å². The van der Waals surface area contributed by atoms with Crippen molar-refractivity contribution in [1.82, 2.24) is 0 Å². The van der Waals surface area contributed by atoms with Crippen molar-refractivity contribution >= 4 is 43.4 Å². The summed E-state index contributed by atoms with van der Waals surface area (Å²) in [4.78, 5) is 24.1. The first-order valence-corrected chi connectivity index (χ1v) is 6.60. The Morgan fingerprint density at radius 1 is 0.786 bits per heavy atom. The Balaban J connectivity index is 1.93. The lowest BCUT2D eigenvalue weighted by molar-refractivity contribution is -0.139. The third-order valence-corrected chi connectivity index (χ3v) is 8.52. The first-order chi connectivity index (χ1) is 6.55. The zero-order valence-corrected chi connectivity index (χ0v) is 10.2. The maximum Gasteiger partial charge on any atom is 0.154 e. The first kappa shape index (κ1) is 7.55. The zero-order chi connectivity index (χ0) is 9.62. The van der Waals surface area contributed by atoms with E-state index in [1.807, 2.05) is 0 Å². The van der Waals surface area contributed by atoms with E-state index in [0.717, 1.165) is 0 Å². The molecule has 4 heteroatoms. The number of hydrogen-bond acceptors (Lipinski definition) is 2. The fourth-order valence-corrected chi connectivity index (χ4v) is 8.27. The third-order valence-electron chi connectivity index (χ3n) is 5.62. The van der Waals surface area contributed by atoms with Crippen molar-refractivity contribution < 1.29 is 9.59 Å². The van der Waals surface area contributed by atoms with Gasteiger partial charge in [-0.1, -0.05) is 31.9 Å². The molecule has 0 aromatic heterocycles. The first-order valence-electron chi connectivity index (χ1n) is 5.02. The molecule has 4 bridgehead atoms. The predicted octanol–water partition coefficient (Wildman–Crippen LogP) is 1.16. The molecule has 14 heavy (non-hydrogen) atoms. The van der Waals surface area contributed by atoms with Crippen molar-refractivity contribution in [1.29, 1.82) is 0 Å². The summed E-state index contributed by atoms with van der Waals surface area (Å²) < 4.78 is -0.526. The summed E-state index contributed by atoms with van der Waals surface area (Å²) in [5.41, 5.74) is 0. The second-order valence-electron chi connectivity index (χ2n) is 5.42. The minimum atomic E-state index is -0.263. The van der Waals surface area contributed by atoms with E-state index < -0.39 is 0 Å². The van der Waals surface area contributed by atoms with Gasteiger partial charge >= 0.3 is 0 Å². The van der Waals surface area contributed by atoms with Crippen LogP contribution in [0.4, 0.5) is 0 Å². The number of alkyl halides is 2. The van der Waals surface area contributed by atoms with Crippen LogP contribution in [0.25, 0.3) is 0 Å². The summed E-state index contributed by atoms with van der Waals surface area (Å²) in [6.07, 6.45) is 0. The van der Waals surface area contributed by atoms with Crippen LogP contribution < -0.4 is 0 Å². The Bertz CT molecular complexity index is 419. The Kier molecular flexibility index (Phi) is 0.824. The average Bonchev–Trinajstić information content (AvgIpc) is 2.54. The van der Waals surface area contributed by atoms with Crippen LogP contribution in [0, 0.1) is 35.5 Å². The topological polar surface area (TPSA) is 34.1 Å². The summed E-state index contributed by atoms with van der Waals surface area (Å²) in [6.45, 7) is 0. The molecule has 6 fully saturated rings. The van der Waals surface area contributed by atoms with Crippen molar-refractivity contribution in [3.8, 4) is 0 Å². The molecule has 2 nitrogen and oxygen atoms in total. The van der Waals surface area contributed by atoms with Crippen LogP contribution in [-0.2, 0) is 9.59 Å². The number of carbonyl (C=O) groups is 2. The van der Waals surface area contributed by atoms with Crippen LogP contribution in [0.2, 0.25) is 0 Å². The maximum absolute atomic E-state index is 12.1. The molecule has 0 saturated heterocycles. The van der Waals surface area contributed by atoms with Gasteiger partial charge in [-0.25, -0.2) is 0 Å². The Morgan fingerprint density at radius 2 is 1.14 bits per heavy atom. The Morgan fingerprint density at radius 3 is 1.43 bits per heavy atom. The summed E-state index contributed by atoms with van der Waals surface area (Å²) >= 11 is 7.27. The van der Waals surface area contributed by atoms with Gasteiger partial charge in [0.1, 0.15) is 0 Å². The monoisotopic (exact) mass is 316 g/mol. The van der Waals surface area contributed by atoms with Gasteiger partial charge in [-0.15, -0.1) is 0 Å². The van der Waals surface area contributed by atoms with Gasteiger partial charge in [0.2, 0.25) is 0 Å². The third kappa shape index (κ3) is 0.337. The highest BCUT2D eigenvalue weighted by Crippen LogP contribution is 2.92. The van der Waals surface area contributed by atoms with Gasteiger partial charge in [-0.2, -0.15) is 0 Å². The quantitative estimate of drug-likeness (QED) is 0.628. The fourth-order valence-electron chi connectivity index (χ4n) is 5.46. The molecule has 0 spiro atoms. The average molecular weight is 318 g/mol. The number of halogens is 2. The molecule has 6 aliphatic carbocycles. The van der Waals surface area contributed by atoms with Crippen LogP contribution in [-0.4, -0.2) is 20.2 Å². The number of carbonyl (C=O) groups excluding carboxylic acids is 2. The number of Topliss-reactive ketones (excluding diaryl/α,β-unsaturated/α-hetero) is 2. The van der Waals surface area contributed by atoms with E-state index in [1.165, 1.54) is 0 Å². The lowest BCUT2D eigenvalue weighted by Crippen LogP contribution is -2.74. The molecule has 0 aromatic carbocycles. The molecule has 72 valence electrons. The molecule has 0 heterocycles.